The van der Waals surface area contributed by atoms with Gasteiger partial charge >= 0.3 is 12.1 Å². The second kappa shape index (κ2) is 7.69. The fourth-order valence-corrected chi connectivity index (χ4v) is 3.39. The quantitative estimate of drug-likeness (QED) is 0.436. The number of amides is 1. The first kappa shape index (κ1) is 17.5. The smallest absolute Gasteiger partial charge is 0.411 e. The summed E-state index contributed by atoms with van der Waals surface area (Å²) in [6.07, 6.45) is -0.685. The topological polar surface area (TPSA) is 64.6 Å². The molecule has 0 unspecified atom stereocenters. The molecule has 3 rings (SSSR count). The number of halogens is 1. The molecule has 25 heavy (non-hydrogen) atoms. The highest BCUT2D eigenvalue weighted by atomic mass is 127. The second-order valence-electron chi connectivity index (χ2n) is 5.46. The normalized spacial score (nSPS) is 13.0. The molecule has 0 saturated heterocycles. The lowest BCUT2D eigenvalue weighted by atomic mass is 9.98. The van der Waals surface area contributed by atoms with Crippen LogP contribution in [0, 0.1) is 0 Å². The van der Waals surface area contributed by atoms with Crippen molar-refractivity contribution in [2.75, 3.05) is 13.7 Å². The van der Waals surface area contributed by atoms with E-state index in [1.54, 1.807) is 0 Å². The van der Waals surface area contributed by atoms with Gasteiger partial charge in [0.2, 0.25) is 0 Å². The van der Waals surface area contributed by atoms with Crippen LogP contribution in [-0.2, 0) is 14.3 Å². The molecular weight excluding hydrogens is 433 g/mol. The number of ether oxygens (including phenoxy) is 2. The van der Waals surface area contributed by atoms with Gasteiger partial charge in [0.1, 0.15) is 12.3 Å². The lowest BCUT2D eigenvalue weighted by molar-refractivity contribution is -0.136. The van der Waals surface area contributed by atoms with Crippen LogP contribution >= 0.6 is 22.6 Å². The van der Waals surface area contributed by atoms with Crippen molar-refractivity contribution in [3.05, 3.63) is 69.4 Å². The highest BCUT2D eigenvalue weighted by Gasteiger charge is 2.29. The average molecular weight is 449 g/mol. The van der Waals surface area contributed by atoms with Crippen molar-refractivity contribution in [1.29, 1.82) is 0 Å². The molecule has 0 spiro atoms. The van der Waals surface area contributed by atoms with E-state index < -0.39 is 12.1 Å². The number of hydrogen-bond donors (Lipinski definition) is 1. The number of rotatable bonds is 4. The highest BCUT2D eigenvalue weighted by Crippen LogP contribution is 2.44. The minimum absolute atomic E-state index is 0.0247. The predicted molar refractivity (Wildman–Crippen MR) is 102 cm³/mol. The van der Waals surface area contributed by atoms with Crippen LogP contribution in [-0.4, -0.2) is 25.8 Å². The molecule has 1 N–H and O–H groups in total. The Labute approximate surface area is 159 Å². The number of hydrogen-bond acceptors (Lipinski definition) is 4. The average Bonchev–Trinajstić information content (AvgIpc) is 2.98. The third kappa shape index (κ3) is 3.53. The van der Waals surface area contributed by atoms with Gasteiger partial charge in [-0.2, -0.15) is 0 Å². The van der Waals surface area contributed by atoms with Crippen molar-refractivity contribution in [3.63, 3.8) is 0 Å². The lowest BCUT2D eigenvalue weighted by Gasteiger charge is -2.14. The Bertz CT molecular complexity index is 801. The standard InChI is InChI=1S/C19H16INO4/c1-24-18(22)17(10-20)21-19(23)25-11-16-14-8-4-2-6-12(14)13-7-3-5-9-15(13)16/h2-10,16H,11H2,1H3,(H,21,23)/b17-10-. The fraction of sp³-hybridized carbons (Fsp3) is 0.158. The molecule has 0 radical (unpaired) electrons. The zero-order valence-electron chi connectivity index (χ0n) is 13.5. The van der Waals surface area contributed by atoms with E-state index in [1.165, 1.54) is 11.2 Å². The van der Waals surface area contributed by atoms with Gasteiger partial charge in [-0.3, -0.25) is 5.32 Å². The molecule has 0 bridgehead atoms. The predicted octanol–water partition coefficient (Wildman–Crippen LogP) is 3.97. The van der Waals surface area contributed by atoms with Crippen LogP contribution in [0.5, 0.6) is 0 Å². The number of nitrogens with one attached hydrogen (secondary N) is 1. The summed E-state index contributed by atoms with van der Waals surface area (Å²) in [5.41, 5.74) is 4.63. The summed E-state index contributed by atoms with van der Waals surface area (Å²) in [6, 6.07) is 16.2. The van der Waals surface area contributed by atoms with Gasteiger partial charge in [-0.15, -0.1) is 0 Å². The maximum atomic E-state index is 12.0. The highest BCUT2D eigenvalue weighted by molar-refractivity contribution is 14.1. The molecule has 1 amide bonds. The molecule has 5 nitrogen and oxygen atoms in total. The number of carbonyl (C=O) groups is 2. The van der Waals surface area contributed by atoms with Gasteiger partial charge in [0.05, 0.1) is 7.11 Å². The van der Waals surface area contributed by atoms with Crippen molar-refractivity contribution >= 4 is 34.7 Å². The minimum atomic E-state index is -0.685. The summed E-state index contributed by atoms with van der Waals surface area (Å²) in [4.78, 5) is 23.5. The minimum Gasteiger partial charge on any atom is -0.464 e. The van der Waals surface area contributed by atoms with Gasteiger partial charge in [-0.05, 0) is 22.3 Å². The Morgan fingerprint density at radius 3 is 2.16 bits per heavy atom. The van der Waals surface area contributed by atoms with Crippen LogP contribution in [0.4, 0.5) is 4.79 Å². The van der Waals surface area contributed by atoms with Crippen LogP contribution in [0.15, 0.2) is 58.3 Å². The molecule has 6 heteroatoms. The molecule has 2 aromatic carbocycles. The molecule has 1 aliphatic carbocycles. The third-order valence-electron chi connectivity index (χ3n) is 4.09. The molecule has 0 heterocycles. The molecule has 0 fully saturated rings. The number of methoxy groups -OCH3 is 1. The van der Waals surface area contributed by atoms with Crippen LogP contribution in [0.3, 0.4) is 0 Å². The molecule has 0 aliphatic heterocycles. The van der Waals surface area contributed by atoms with Gasteiger partial charge in [0.15, 0.2) is 0 Å². The summed E-state index contributed by atoms with van der Waals surface area (Å²) in [5, 5.41) is 2.41. The zero-order valence-corrected chi connectivity index (χ0v) is 15.6. The molecule has 0 aromatic heterocycles. The molecule has 0 saturated carbocycles. The van der Waals surface area contributed by atoms with Crippen molar-refractivity contribution < 1.29 is 19.1 Å². The second-order valence-corrected chi connectivity index (χ2v) is 6.09. The largest absolute Gasteiger partial charge is 0.464 e. The van der Waals surface area contributed by atoms with E-state index in [1.807, 2.05) is 59.0 Å². The molecule has 0 atom stereocenters. The Kier molecular flexibility index (Phi) is 5.37. The number of esters is 1. The van der Waals surface area contributed by atoms with Crippen LogP contribution in [0.1, 0.15) is 17.0 Å². The SMILES string of the molecule is COC(=O)/C(=C/I)NC(=O)OCC1c2ccccc2-c2ccccc21. The fourth-order valence-electron chi connectivity index (χ4n) is 2.98. The van der Waals surface area contributed by atoms with Crippen LogP contribution in [0.25, 0.3) is 11.1 Å². The summed E-state index contributed by atoms with van der Waals surface area (Å²) >= 11 is 1.86. The molecule has 128 valence electrons. The van der Waals surface area contributed by atoms with Crippen LogP contribution < -0.4 is 5.32 Å². The van der Waals surface area contributed by atoms with E-state index >= 15 is 0 Å². The van der Waals surface area contributed by atoms with Gasteiger partial charge in [0.25, 0.3) is 0 Å². The van der Waals surface area contributed by atoms with E-state index in [2.05, 4.69) is 22.2 Å². The Morgan fingerprint density at radius 1 is 1.08 bits per heavy atom. The summed E-state index contributed by atoms with van der Waals surface area (Å²) in [5.74, 6) is -0.647. The van der Waals surface area contributed by atoms with Gasteiger partial charge < -0.3 is 9.47 Å². The number of carbonyl (C=O) groups excluding carboxylic acids is 2. The van der Waals surface area contributed by atoms with Gasteiger partial charge in [-0.1, -0.05) is 71.1 Å². The number of alkyl carbamates (subject to hydrolysis) is 1. The zero-order chi connectivity index (χ0) is 17.8. The first-order valence-electron chi connectivity index (χ1n) is 7.66. The molecule has 1 aliphatic rings. The Balaban J connectivity index is 1.73. The third-order valence-corrected chi connectivity index (χ3v) is 4.72. The maximum Gasteiger partial charge on any atom is 0.411 e. The van der Waals surface area contributed by atoms with Crippen LogP contribution in [0.2, 0.25) is 0 Å². The lowest BCUT2D eigenvalue weighted by Crippen LogP contribution is -2.29. The van der Waals surface area contributed by atoms with E-state index in [9.17, 15) is 9.59 Å². The van der Waals surface area contributed by atoms with E-state index in [4.69, 9.17) is 4.74 Å². The Hall–Kier alpha value is -2.35. The van der Waals surface area contributed by atoms with Crippen molar-refractivity contribution in [2.45, 2.75) is 5.92 Å². The van der Waals surface area contributed by atoms with E-state index in [-0.39, 0.29) is 18.2 Å². The first-order chi connectivity index (χ1) is 12.2. The van der Waals surface area contributed by atoms with Crippen molar-refractivity contribution in [1.82, 2.24) is 5.32 Å². The summed E-state index contributed by atoms with van der Waals surface area (Å²) in [7, 11) is 1.25. The molecular formula is C19H16INO4. The monoisotopic (exact) mass is 449 g/mol. The number of fused-ring (bicyclic) bond motifs is 3. The van der Waals surface area contributed by atoms with Crippen molar-refractivity contribution in [2.24, 2.45) is 0 Å². The maximum absolute atomic E-state index is 12.0. The van der Waals surface area contributed by atoms with Gasteiger partial charge in [-0.25, -0.2) is 9.59 Å². The summed E-state index contributed by atoms with van der Waals surface area (Å²) < 4.78 is 11.4. The first-order valence-corrected chi connectivity index (χ1v) is 8.91. The number of benzene rings is 2. The Morgan fingerprint density at radius 2 is 1.64 bits per heavy atom. The molecule has 2 aromatic rings. The summed E-state index contributed by atoms with van der Waals surface area (Å²) in [6.45, 7) is 0.190. The van der Waals surface area contributed by atoms with E-state index in [0.29, 0.717) is 0 Å². The van der Waals surface area contributed by atoms with E-state index in [0.717, 1.165) is 22.3 Å². The van der Waals surface area contributed by atoms with Crippen molar-refractivity contribution in [3.8, 4) is 11.1 Å². The van der Waals surface area contributed by atoms with Gasteiger partial charge in [0, 0.05) is 10.0 Å².